The highest BCUT2D eigenvalue weighted by Gasteiger charge is 2.20. The van der Waals surface area contributed by atoms with Gasteiger partial charge in [-0.2, -0.15) is 0 Å². The molecule has 21 heavy (non-hydrogen) atoms. The largest absolute Gasteiger partial charge is 0.491 e. The van der Waals surface area contributed by atoms with Crippen molar-refractivity contribution in [1.29, 1.82) is 0 Å². The molecule has 0 spiro atoms. The standard InChI is InChI=1S/C18H19NO2/c1-4-14-15-6-5-9-19-17(15)11-20-18-8-7-13(10-16(14)18)21-12(2)3/h4-10,12H,11H2,1-3H3/b14-4+. The Labute approximate surface area is 125 Å². The van der Waals surface area contributed by atoms with E-state index in [1.165, 1.54) is 0 Å². The minimum Gasteiger partial charge on any atom is -0.491 e. The van der Waals surface area contributed by atoms with Crippen molar-refractivity contribution in [3.05, 3.63) is 59.4 Å². The van der Waals surface area contributed by atoms with Crippen molar-refractivity contribution in [1.82, 2.24) is 4.98 Å². The molecule has 1 aromatic heterocycles. The minimum absolute atomic E-state index is 0.151. The Morgan fingerprint density at radius 1 is 1.24 bits per heavy atom. The first-order valence-corrected chi connectivity index (χ1v) is 7.23. The van der Waals surface area contributed by atoms with Crippen LogP contribution < -0.4 is 9.47 Å². The molecule has 0 amide bonds. The van der Waals surface area contributed by atoms with Crippen molar-refractivity contribution >= 4 is 5.57 Å². The second-order valence-corrected chi connectivity index (χ2v) is 5.31. The van der Waals surface area contributed by atoms with Crippen molar-refractivity contribution in [2.24, 2.45) is 0 Å². The van der Waals surface area contributed by atoms with E-state index in [1.54, 1.807) is 6.20 Å². The summed E-state index contributed by atoms with van der Waals surface area (Å²) in [6.45, 7) is 6.58. The first-order valence-electron chi connectivity index (χ1n) is 7.23. The summed E-state index contributed by atoms with van der Waals surface area (Å²) in [4.78, 5) is 4.43. The number of fused-ring (bicyclic) bond motifs is 2. The van der Waals surface area contributed by atoms with Crippen LogP contribution in [0.15, 0.2) is 42.6 Å². The first kappa shape index (κ1) is 13.7. The molecule has 0 radical (unpaired) electrons. The van der Waals surface area contributed by atoms with Gasteiger partial charge in [0.25, 0.3) is 0 Å². The summed E-state index contributed by atoms with van der Waals surface area (Å²) < 4.78 is 11.7. The lowest BCUT2D eigenvalue weighted by atomic mass is 9.96. The number of aromatic nitrogens is 1. The zero-order valence-corrected chi connectivity index (χ0v) is 12.6. The molecule has 3 heteroatoms. The molecule has 0 unspecified atom stereocenters. The van der Waals surface area contributed by atoms with Crippen LogP contribution in [0.5, 0.6) is 11.5 Å². The van der Waals surface area contributed by atoms with Crippen LogP contribution in [0, 0.1) is 0 Å². The fourth-order valence-corrected chi connectivity index (χ4v) is 2.59. The van der Waals surface area contributed by atoms with Crippen LogP contribution in [-0.2, 0) is 6.61 Å². The summed E-state index contributed by atoms with van der Waals surface area (Å²) in [6, 6.07) is 10.0. The number of hydrogen-bond acceptors (Lipinski definition) is 3. The average Bonchev–Trinajstić information content (AvgIpc) is 2.62. The lowest BCUT2D eigenvalue weighted by Crippen LogP contribution is -2.05. The number of rotatable bonds is 2. The number of allylic oxidation sites excluding steroid dienone is 1. The number of benzene rings is 1. The van der Waals surface area contributed by atoms with E-state index in [4.69, 9.17) is 9.47 Å². The Kier molecular flexibility index (Phi) is 3.65. The van der Waals surface area contributed by atoms with Gasteiger partial charge < -0.3 is 9.47 Å². The van der Waals surface area contributed by atoms with Crippen LogP contribution in [0.4, 0.5) is 0 Å². The highest BCUT2D eigenvalue weighted by atomic mass is 16.5. The van der Waals surface area contributed by atoms with E-state index in [2.05, 4.69) is 17.1 Å². The van der Waals surface area contributed by atoms with Crippen molar-refractivity contribution in [3.8, 4) is 11.5 Å². The molecule has 1 aliphatic heterocycles. The molecule has 1 aliphatic rings. The quantitative estimate of drug-likeness (QED) is 0.826. The molecule has 2 heterocycles. The van der Waals surface area contributed by atoms with E-state index in [1.807, 2.05) is 45.0 Å². The molecular formula is C18H19NO2. The Bertz CT molecular complexity index is 689. The van der Waals surface area contributed by atoms with E-state index in [0.717, 1.165) is 33.9 Å². The molecule has 0 aliphatic carbocycles. The van der Waals surface area contributed by atoms with Gasteiger partial charge in [-0.25, -0.2) is 0 Å². The molecule has 0 bridgehead atoms. The molecule has 0 atom stereocenters. The molecule has 108 valence electrons. The summed E-state index contributed by atoms with van der Waals surface area (Å²) in [5, 5.41) is 0. The fraction of sp³-hybridized carbons (Fsp3) is 0.278. The molecule has 0 saturated carbocycles. The van der Waals surface area contributed by atoms with Gasteiger partial charge in [0.2, 0.25) is 0 Å². The summed E-state index contributed by atoms with van der Waals surface area (Å²) in [7, 11) is 0. The minimum atomic E-state index is 0.151. The molecular weight excluding hydrogens is 262 g/mol. The molecule has 0 saturated heterocycles. The Hall–Kier alpha value is -2.29. The van der Waals surface area contributed by atoms with Crippen LogP contribution in [0.2, 0.25) is 0 Å². The van der Waals surface area contributed by atoms with Gasteiger partial charge in [0.1, 0.15) is 18.1 Å². The Morgan fingerprint density at radius 2 is 2.10 bits per heavy atom. The number of hydrogen-bond donors (Lipinski definition) is 0. The highest BCUT2D eigenvalue weighted by molar-refractivity contribution is 5.84. The molecule has 1 aromatic carbocycles. The van der Waals surface area contributed by atoms with Gasteiger partial charge in [-0.15, -0.1) is 0 Å². The third-order valence-electron chi connectivity index (χ3n) is 3.45. The van der Waals surface area contributed by atoms with Gasteiger partial charge in [0.05, 0.1) is 11.8 Å². The second-order valence-electron chi connectivity index (χ2n) is 5.31. The van der Waals surface area contributed by atoms with Crippen LogP contribution in [0.3, 0.4) is 0 Å². The van der Waals surface area contributed by atoms with Crippen molar-refractivity contribution in [3.63, 3.8) is 0 Å². The lowest BCUT2D eigenvalue weighted by Gasteiger charge is -2.14. The molecule has 3 nitrogen and oxygen atoms in total. The van der Waals surface area contributed by atoms with Gasteiger partial charge in [0, 0.05) is 17.3 Å². The lowest BCUT2D eigenvalue weighted by molar-refractivity contribution is 0.241. The van der Waals surface area contributed by atoms with Gasteiger partial charge in [0.15, 0.2) is 0 Å². The van der Waals surface area contributed by atoms with Crippen LogP contribution >= 0.6 is 0 Å². The summed E-state index contributed by atoms with van der Waals surface area (Å²) in [5.74, 6) is 1.73. The summed E-state index contributed by atoms with van der Waals surface area (Å²) in [5.41, 5.74) is 4.29. The highest BCUT2D eigenvalue weighted by Crippen LogP contribution is 2.38. The van der Waals surface area contributed by atoms with E-state index >= 15 is 0 Å². The van der Waals surface area contributed by atoms with E-state index in [0.29, 0.717) is 6.61 Å². The third-order valence-corrected chi connectivity index (χ3v) is 3.45. The maximum Gasteiger partial charge on any atom is 0.131 e. The monoisotopic (exact) mass is 281 g/mol. The van der Waals surface area contributed by atoms with Gasteiger partial charge in [-0.05, 0) is 50.6 Å². The van der Waals surface area contributed by atoms with Crippen LogP contribution in [0.25, 0.3) is 5.57 Å². The number of ether oxygens (including phenoxy) is 2. The van der Waals surface area contributed by atoms with E-state index in [-0.39, 0.29) is 6.10 Å². The zero-order chi connectivity index (χ0) is 14.8. The predicted molar refractivity (Wildman–Crippen MR) is 83.5 cm³/mol. The number of nitrogens with zero attached hydrogens (tertiary/aromatic N) is 1. The zero-order valence-electron chi connectivity index (χ0n) is 12.6. The maximum absolute atomic E-state index is 5.91. The summed E-state index contributed by atoms with van der Waals surface area (Å²) >= 11 is 0. The topological polar surface area (TPSA) is 31.4 Å². The van der Waals surface area contributed by atoms with Gasteiger partial charge in [-0.1, -0.05) is 12.1 Å². The summed E-state index contributed by atoms with van der Waals surface area (Å²) in [6.07, 6.45) is 4.06. The fourth-order valence-electron chi connectivity index (χ4n) is 2.59. The van der Waals surface area contributed by atoms with Crippen molar-refractivity contribution < 1.29 is 9.47 Å². The van der Waals surface area contributed by atoms with Crippen molar-refractivity contribution in [2.75, 3.05) is 0 Å². The molecule has 0 N–H and O–H groups in total. The van der Waals surface area contributed by atoms with E-state index < -0.39 is 0 Å². The van der Waals surface area contributed by atoms with Crippen LogP contribution in [0.1, 0.15) is 37.6 Å². The van der Waals surface area contributed by atoms with Gasteiger partial charge in [-0.3, -0.25) is 4.98 Å². The van der Waals surface area contributed by atoms with Crippen LogP contribution in [-0.4, -0.2) is 11.1 Å². The maximum atomic E-state index is 5.91. The predicted octanol–water partition coefficient (Wildman–Crippen LogP) is 4.21. The van der Waals surface area contributed by atoms with E-state index in [9.17, 15) is 0 Å². The first-order chi connectivity index (χ1) is 10.2. The molecule has 0 fully saturated rings. The number of pyridine rings is 1. The van der Waals surface area contributed by atoms with Crippen molar-refractivity contribution in [2.45, 2.75) is 33.5 Å². The SMILES string of the molecule is C/C=C1/c2cc(OC(C)C)ccc2OCc2ncccc21. The Morgan fingerprint density at radius 3 is 2.86 bits per heavy atom. The molecule has 2 aromatic rings. The smallest absolute Gasteiger partial charge is 0.131 e. The third kappa shape index (κ3) is 2.64. The average molecular weight is 281 g/mol. The molecule has 3 rings (SSSR count). The Balaban J connectivity index is 2.12. The second kappa shape index (κ2) is 5.60. The normalized spacial score (nSPS) is 15.1. The van der Waals surface area contributed by atoms with Gasteiger partial charge >= 0.3 is 0 Å².